The van der Waals surface area contributed by atoms with E-state index in [9.17, 15) is 5.11 Å². The van der Waals surface area contributed by atoms with Crippen molar-refractivity contribution in [3.8, 4) is 0 Å². The van der Waals surface area contributed by atoms with E-state index in [1.807, 2.05) is 13.0 Å². The normalized spacial score (nSPS) is 19.9. The number of β-amino-alcohol motifs (C(OH)–C–C–N with tert-alkyl or cyclic N) is 1. The first-order chi connectivity index (χ1) is 9.24. The Morgan fingerprint density at radius 1 is 1.11 bits per heavy atom. The summed E-state index contributed by atoms with van der Waals surface area (Å²) in [5.74, 6) is 0. The van der Waals surface area contributed by atoms with Gasteiger partial charge in [-0.1, -0.05) is 42.5 Å². The molecule has 0 saturated carbocycles. The van der Waals surface area contributed by atoms with Crippen LogP contribution in [0.25, 0.3) is 6.08 Å². The molecule has 0 unspecified atom stereocenters. The first-order valence-corrected chi connectivity index (χ1v) is 7.08. The van der Waals surface area contributed by atoms with E-state index in [1.54, 1.807) is 0 Å². The minimum absolute atomic E-state index is 0.218. The zero-order valence-corrected chi connectivity index (χ0v) is 11.7. The molecule has 0 aromatic heterocycles. The lowest BCUT2D eigenvalue weighted by Crippen LogP contribution is -2.48. The van der Waals surface area contributed by atoms with Gasteiger partial charge in [0, 0.05) is 39.3 Å². The topological polar surface area (TPSA) is 26.7 Å². The highest BCUT2D eigenvalue weighted by Crippen LogP contribution is 2.05. The van der Waals surface area contributed by atoms with Crippen LogP contribution in [0.1, 0.15) is 12.5 Å². The third kappa shape index (κ3) is 5.15. The van der Waals surface area contributed by atoms with Gasteiger partial charge in [0.05, 0.1) is 6.10 Å². The molecule has 1 aliphatic heterocycles. The van der Waals surface area contributed by atoms with Gasteiger partial charge >= 0.3 is 0 Å². The highest BCUT2D eigenvalue weighted by Gasteiger charge is 2.16. The Morgan fingerprint density at radius 2 is 1.74 bits per heavy atom. The van der Waals surface area contributed by atoms with Crippen LogP contribution in [0.15, 0.2) is 36.4 Å². The lowest BCUT2D eigenvalue weighted by atomic mass is 10.2. The van der Waals surface area contributed by atoms with Gasteiger partial charge in [-0.15, -0.1) is 0 Å². The molecular formula is C16H24N2O. The maximum Gasteiger partial charge on any atom is 0.0639 e. The molecule has 3 heteroatoms. The summed E-state index contributed by atoms with van der Waals surface area (Å²) in [6.07, 6.45) is 4.20. The molecule has 3 nitrogen and oxygen atoms in total. The predicted octanol–water partition coefficient (Wildman–Crippen LogP) is 1.70. The zero-order valence-electron chi connectivity index (χ0n) is 11.7. The van der Waals surface area contributed by atoms with Gasteiger partial charge < -0.3 is 5.11 Å². The van der Waals surface area contributed by atoms with Crippen LogP contribution in [0.3, 0.4) is 0 Å². The van der Waals surface area contributed by atoms with Crippen LogP contribution < -0.4 is 0 Å². The lowest BCUT2D eigenvalue weighted by molar-refractivity contribution is 0.0852. The largest absolute Gasteiger partial charge is 0.392 e. The molecule has 104 valence electrons. The molecule has 19 heavy (non-hydrogen) atoms. The molecule has 1 atom stereocenters. The summed E-state index contributed by atoms with van der Waals surface area (Å²) in [5, 5.41) is 9.37. The van der Waals surface area contributed by atoms with E-state index in [1.165, 1.54) is 5.56 Å². The van der Waals surface area contributed by atoms with Crippen LogP contribution in [0.2, 0.25) is 0 Å². The summed E-state index contributed by atoms with van der Waals surface area (Å²) < 4.78 is 0. The molecule has 0 aliphatic carbocycles. The predicted molar refractivity (Wildman–Crippen MR) is 80.0 cm³/mol. The van der Waals surface area contributed by atoms with Gasteiger partial charge in [-0.3, -0.25) is 9.80 Å². The van der Waals surface area contributed by atoms with Crippen molar-refractivity contribution in [2.24, 2.45) is 0 Å². The van der Waals surface area contributed by atoms with Crippen molar-refractivity contribution in [2.75, 3.05) is 39.3 Å². The molecule has 1 saturated heterocycles. The summed E-state index contributed by atoms with van der Waals surface area (Å²) in [5.41, 5.74) is 1.26. The Balaban J connectivity index is 1.70. The highest BCUT2D eigenvalue weighted by molar-refractivity contribution is 5.48. The molecular weight excluding hydrogens is 236 g/mol. The fourth-order valence-electron chi connectivity index (χ4n) is 2.43. The maximum absolute atomic E-state index is 9.37. The van der Waals surface area contributed by atoms with Crippen molar-refractivity contribution < 1.29 is 5.11 Å². The second-order valence-electron chi connectivity index (χ2n) is 5.26. The van der Waals surface area contributed by atoms with Gasteiger partial charge in [-0.25, -0.2) is 0 Å². The van der Waals surface area contributed by atoms with Crippen molar-refractivity contribution >= 4 is 6.08 Å². The molecule has 1 N–H and O–H groups in total. The Kier molecular flexibility index (Phi) is 5.58. The van der Waals surface area contributed by atoms with Crippen LogP contribution in [-0.4, -0.2) is 60.3 Å². The lowest BCUT2D eigenvalue weighted by Gasteiger charge is -2.34. The number of aliphatic hydroxyl groups excluding tert-OH is 1. The highest BCUT2D eigenvalue weighted by atomic mass is 16.3. The van der Waals surface area contributed by atoms with E-state index < -0.39 is 0 Å². The minimum Gasteiger partial charge on any atom is -0.392 e. The van der Waals surface area contributed by atoms with Crippen molar-refractivity contribution in [1.82, 2.24) is 9.80 Å². The van der Waals surface area contributed by atoms with Gasteiger partial charge in [0.2, 0.25) is 0 Å². The molecule has 1 aliphatic rings. The van der Waals surface area contributed by atoms with E-state index >= 15 is 0 Å². The summed E-state index contributed by atoms with van der Waals surface area (Å²) in [6, 6.07) is 10.4. The van der Waals surface area contributed by atoms with Crippen LogP contribution >= 0.6 is 0 Å². The Labute approximate surface area is 116 Å². The average molecular weight is 260 g/mol. The second-order valence-corrected chi connectivity index (χ2v) is 5.26. The summed E-state index contributed by atoms with van der Waals surface area (Å²) in [6.45, 7) is 7.96. The third-order valence-corrected chi connectivity index (χ3v) is 3.46. The van der Waals surface area contributed by atoms with Gasteiger partial charge in [-0.05, 0) is 12.5 Å². The van der Waals surface area contributed by atoms with Gasteiger partial charge in [0.1, 0.15) is 0 Å². The number of hydrogen-bond donors (Lipinski definition) is 1. The summed E-state index contributed by atoms with van der Waals surface area (Å²) >= 11 is 0. The van der Waals surface area contributed by atoms with Gasteiger partial charge in [0.15, 0.2) is 0 Å². The number of benzene rings is 1. The fraction of sp³-hybridized carbons (Fsp3) is 0.500. The number of piperazine rings is 1. The minimum atomic E-state index is -0.218. The molecule has 1 aromatic carbocycles. The Morgan fingerprint density at radius 3 is 2.37 bits per heavy atom. The number of hydrogen-bond acceptors (Lipinski definition) is 3. The first-order valence-electron chi connectivity index (χ1n) is 7.08. The van der Waals surface area contributed by atoms with Gasteiger partial charge in [0.25, 0.3) is 0 Å². The Bertz CT molecular complexity index is 381. The van der Waals surface area contributed by atoms with E-state index in [0.717, 1.165) is 39.3 Å². The maximum atomic E-state index is 9.37. The zero-order chi connectivity index (χ0) is 13.5. The summed E-state index contributed by atoms with van der Waals surface area (Å²) in [7, 11) is 0. The SMILES string of the molecule is C[C@@H](O)CN1CCN(C/C=C/c2ccccc2)CC1. The molecule has 0 amide bonds. The quantitative estimate of drug-likeness (QED) is 0.873. The molecule has 0 bridgehead atoms. The first kappa shape index (κ1) is 14.3. The summed E-state index contributed by atoms with van der Waals surface area (Å²) in [4.78, 5) is 4.79. The van der Waals surface area contributed by atoms with Crippen LogP contribution in [0.4, 0.5) is 0 Å². The van der Waals surface area contributed by atoms with Crippen LogP contribution in [0, 0.1) is 0 Å². The second kappa shape index (κ2) is 7.43. The monoisotopic (exact) mass is 260 g/mol. The number of aliphatic hydroxyl groups is 1. The van der Waals surface area contributed by atoms with Crippen molar-refractivity contribution in [3.63, 3.8) is 0 Å². The molecule has 1 heterocycles. The average Bonchev–Trinajstić information content (AvgIpc) is 2.41. The van der Waals surface area contributed by atoms with Crippen LogP contribution in [-0.2, 0) is 0 Å². The standard InChI is InChI=1S/C16H24N2O/c1-15(19)14-18-12-10-17(11-13-18)9-5-8-16-6-3-2-4-7-16/h2-8,15,19H,9-14H2,1H3/b8-5+/t15-/m1/s1. The van der Waals surface area contributed by atoms with Crippen molar-refractivity contribution in [3.05, 3.63) is 42.0 Å². The van der Waals surface area contributed by atoms with Crippen LogP contribution in [0.5, 0.6) is 0 Å². The van der Waals surface area contributed by atoms with E-state index in [2.05, 4.69) is 46.2 Å². The van der Waals surface area contributed by atoms with E-state index in [0.29, 0.717) is 0 Å². The van der Waals surface area contributed by atoms with E-state index in [-0.39, 0.29) is 6.10 Å². The smallest absolute Gasteiger partial charge is 0.0639 e. The number of rotatable bonds is 5. The molecule has 2 rings (SSSR count). The number of nitrogens with zero attached hydrogens (tertiary/aromatic N) is 2. The van der Waals surface area contributed by atoms with Crippen molar-refractivity contribution in [1.29, 1.82) is 0 Å². The van der Waals surface area contributed by atoms with Gasteiger partial charge in [-0.2, -0.15) is 0 Å². The molecule has 0 radical (unpaired) electrons. The Hall–Kier alpha value is -1.16. The van der Waals surface area contributed by atoms with Crippen molar-refractivity contribution in [2.45, 2.75) is 13.0 Å². The molecule has 0 spiro atoms. The molecule has 1 aromatic rings. The molecule has 1 fully saturated rings. The fourth-order valence-corrected chi connectivity index (χ4v) is 2.43. The van der Waals surface area contributed by atoms with E-state index in [4.69, 9.17) is 0 Å². The third-order valence-electron chi connectivity index (χ3n) is 3.46.